The zero-order chi connectivity index (χ0) is 22.5. The standard InChI is InChI=1S/C23H22F3N5O/c1-13-4-2-5-15(21(13)16-6-3-9-27-16)22(32)31-14-7-8-18(31)17(10-14)30-20-12-28-19(11-29-20)23(24,25)26/h2-6,9,11-12,14,17-18,27H,7-8,10H2,1H3,(H,29,30)/t14-,17-,18+/m1/s1. The Labute approximate surface area is 182 Å². The molecular formula is C23H22F3N5O. The molecule has 2 aromatic heterocycles. The zero-order valence-electron chi connectivity index (χ0n) is 17.4. The maximum absolute atomic E-state index is 13.7. The molecule has 2 aliphatic heterocycles. The third kappa shape index (κ3) is 3.51. The molecule has 6 nitrogen and oxygen atoms in total. The monoisotopic (exact) mass is 441 g/mol. The fourth-order valence-electron chi connectivity index (χ4n) is 5.03. The van der Waals surface area contributed by atoms with Crippen molar-refractivity contribution in [1.82, 2.24) is 19.9 Å². The van der Waals surface area contributed by atoms with E-state index in [4.69, 9.17) is 0 Å². The van der Waals surface area contributed by atoms with Crippen molar-refractivity contribution in [2.45, 2.75) is 50.5 Å². The molecule has 0 saturated carbocycles. The highest BCUT2D eigenvalue weighted by Crippen LogP contribution is 2.41. The number of rotatable bonds is 4. The number of carbonyl (C=O) groups excluding carboxylic acids is 1. The van der Waals surface area contributed by atoms with Crippen LogP contribution in [-0.2, 0) is 6.18 Å². The van der Waals surface area contributed by atoms with E-state index < -0.39 is 11.9 Å². The summed E-state index contributed by atoms with van der Waals surface area (Å²) in [4.78, 5) is 26.1. The Balaban J connectivity index is 1.38. The first-order chi connectivity index (χ1) is 15.3. The fraction of sp³-hybridized carbons (Fsp3) is 0.348. The third-order valence-corrected chi connectivity index (χ3v) is 6.42. The van der Waals surface area contributed by atoms with E-state index in [0.717, 1.165) is 48.5 Å². The Morgan fingerprint density at radius 2 is 2.00 bits per heavy atom. The topological polar surface area (TPSA) is 73.9 Å². The van der Waals surface area contributed by atoms with Gasteiger partial charge in [-0.15, -0.1) is 0 Å². The Morgan fingerprint density at radius 1 is 1.16 bits per heavy atom. The zero-order valence-corrected chi connectivity index (χ0v) is 17.4. The number of halogens is 3. The van der Waals surface area contributed by atoms with Gasteiger partial charge in [0.25, 0.3) is 5.91 Å². The first-order valence-electron chi connectivity index (χ1n) is 10.5. The molecule has 0 spiro atoms. The molecular weight excluding hydrogens is 419 g/mol. The average molecular weight is 441 g/mol. The van der Waals surface area contributed by atoms with Gasteiger partial charge in [-0.25, -0.2) is 9.97 Å². The van der Waals surface area contributed by atoms with Crippen LogP contribution >= 0.6 is 0 Å². The molecule has 2 saturated heterocycles. The summed E-state index contributed by atoms with van der Waals surface area (Å²) in [7, 11) is 0. The van der Waals surface area contributed by atoms with E-state index in [9.17, 15) is 18.0 Å². The van der Waals surface area contributed by atoms with Crippen molar-refractivity contribution in [2.24, 2.45) is 0 Å². The number of benzene rings is 1. The molecule has 2 fully saturated rings. The summed E-state index contributed by atoms with van der Waals surface area (Å²) in [5.74, 6) is 0.263. The van der Waals surface area contributed by atoms with Gasteiger partial charge in [-0.3, -0.25) is 4.79 Å². The minimum atomic E-state index is -4.52. The van der Waals surface area contributed by atoms with Crippen LogP contribution in [0, 0.1) is 6.92 Å². The minimum absolute atomic E-state index is 0.0198. The summed E-state index contributed by atoms with van der Waals surface area (Å²) < 4.78 is 38.2. The quantitative estimate of drug-likeness (QED) is 0.618. The van der Waals surface area contributed by atoms with Crippen LogP contribution in [0.25, 0.3) is 11.3 Å². The highest BCUT2D eigenvalue weighted by Gasteiger charge is 2.49. The number of nitrogens with zero attached hydrogens (tertiary/aromatic N) is 3. The van der Waals surface area contributed by atoms with Gasteiger partial charge in [0.2, 0.25) is 0 Å². The molecule has 0 unspecified atom stereocenters. The molecule has 0 radical (unpaired) electrons. The predicted octanol–water partition coefficient (Wildman–Crippen LogP) is 4.66. The van der Waals surface area contributed by atoms with Crippen LogP contribution in [0.2, 0.25) is 0 Å². The molecule has 2 bridgehead atoms. The lowest BCUT2D eigenvalue weighted by atomic mass is 9.95. The number of hydrogen-bond acceptors (Lipinski definition) is 4. The second-order valence-corrected chi connectivity index (χ2v) is 8.36. The Bertz CT molecular complexity index is 1130. The van der Waals surface area contributed by atoms with Crippen molar-refractivity contribution in [3.05, 3.63) is 65.7 Å². The Kier molecular flexibility index (Phi) is 4.91. The van der Waals surface area contributed by atoms with Gasteiger partial charge < -0.3 is 15.2 Å². The Hall–Kier alpha value is -3.36. The van der Waals surface area contributed by atoms with Gasteiger partial charge in [0.15, 0.2) is 5.69 Å². The van der Waals surface area contributed by atoms with Crippen molar-refractivity contribution in [1.29, 1.82) is 0 Å². The number of hydrogen-bond donors (Lipinski definition) is 2. The molecule has 166 valence electrons. The van der Waals surface area contributed by atoms with Crippen molar-refractivity contribution >= 4 is 11.7 Å². The van der Waals surface area contributed by atoms with E-state index in [1.165, 1.54) is 0 Å². The second kappa shape index (κ2) is 7.65. The van der Waals surface area contributed by atoms with Crippen LogP contribution in [0.1, 0.15) is 40.9 Å². The summed E-state index contributed by atoms with van der Waals surface area (Å²) in [5, 5.41) is 3.20. The first-order valence-corrected chi connectivity index (χ1v) is 10.5. The van der Waals surface area contributed by atoms with E-state index in [2.05, 4.69) is 20.3 Å². The number of alkyl halides is 3. The second-order valence-electron chi connectivity index (χ2n) is 8.36. The molecule has 2 aliphatic rings. The van der Waals surface area contributed by atoms with Gasteiger partial charge in [-0.05, 0) is 49.9 Å². The average Bonchev–Trinajstić information content (AvgIpc) is 3.49. The van der Waals surface area contributed by atoms with Crippen molar-refractivity contribution in [3.63, 3.8) is 0 Å². The van der Waals surface area contributed by atoms with Gasteiger partial charge in [0, 0.05) is 29.1 Å². The number of aromatic amines is 1. The number of fused-ring (bicyclic) bond motifs is 2. The van der Waals surface area contributed by atoms with Crippen LogP contribution in [0.3, 0.4) is 0 Å². The normalized spacial score (nSPS) is 22.4. The number of H-pyrrole nitrogens is 1. The number of aryl methyl sites for hydroxylation is 1. The predicted molar refractivity (Wildman–Crippen MR) is 113 cm³/mol. The van der Waals surface area contributed by atoms with Crippen LogP contribution in [0.5, 0.6) is 0 Å². The van der Waals surface area contributed by atoms with Crippen molar-refractivity contribution < 1.29 is 18.0 Å². The molecule has 0 aliphatic carbocycles. The summed E-state index contributed by atoms with van der Waals surface area (Å²) in [5.41, 5.74) is 2.43. The summed E-state index contributed by atoms with van der Waals surface area (Å²) in [6, 6.07) is 9.54. The molecule has 3 aromatic rings. The summed E-state index contributed by atoms with van der Waals surface area (Å²) in [6.45, 7) is 1.99. The molecule has 9 heteroatoms. The number of carbonyl (C=O) groups is 1. The van der Waals surface area contributed by atoms with Gasteiger partial charge >= 0.3 is 6.18 Å². The van der Waals surface area contributed by atoms with E-state index in [0.29, 0.717) is 5.56 Å². The van der Waals surface area contributed by atoms with Gasteiger partial charge in [0.05, 0.1) is 24.5 Å². The largest absolute Gasteiger partial charge is 0.434 e. The first kappa shape index (κ1) is 20.5. The minimum Gasteiger partial charge on any atom is -0.364 e. The molecule has 4 heterocycles. The van der Waals surface area contributed by atoms with Gasteiger partial charge in [0.1, 0.15) is 5.82 Å². The summed E-state index contributed by atoms with van der Waals surface area (Å²) in [6.07, 6.45) is 1.62. The summed E-state index contributed by atoms with van der Waals surface area (Å²) >= 11 is 0. The fourth-order valence-corrected chi connectivity index (χ4v) is 5.03. The van der Waals surface area contributed by atoms with Crippen molar-refractivity contribution in [2.75, 3.05) is 5.32 Å². The van der Waals surface area contributed by atoms with E-state index in [-0.39, 0.29) is 29.9 Å². The lowest BCUT2D eigenvalue weighted by molar-refractivity contribution is -0.141. The molecule has 2 N–H and O–H groups in total. The maximum Gasteiger partial charge on any atom is 0.434 e. The van der Waals surface area contributed by atoms with Crippen LogP contribution in [0.4, 0.5) is 19.0 Å². The highest BCUT2D eigenvalue weighted by molar-refractivity contribution is 6.02. The molecule has 5 rings (SSSR count). The molecule has 3 atom stereocenters. The van der Waals surface area contributed by atoms with Gasteiger partial charge in [-0.1, -0.05) is 12.1 Å². The molecule has 1 amide bonds. The van der Waals surface area contributed by atoms with E-state index in [1.807, 2.05) is 48.4 Å². The SMILES string of the molecule is Cc1cccc(C(=O)N2[C@@H]3CC[C@H]2[C@H](Nc2cnc(C(F)(F)F)cn2)C3)c1-c1ccc[nH]1. The van der Waals surface area contributed by atoms with Crippen LogP contribution in [0.15, 0.2) is 48.9 Å². The molecule has 1 aromatic carbocycles. The number of anilines is 1. The number of amides is 1. The van der Waals surface area contributed by atoms with Crippen LogP contribution < -0.4 is 5.32 Å². The van der Waals surface area contributed by atoms with Gasteiger partial charge in [-0.2, -0.15) is 13.2 Å². The lowest BCUT2D eigenvalue weighted by Crippen LogP contribution is -2.40. The maximum atomic E-state index is 13.7. The lowest BCUT2D eigenvalue weighted by Gasteiger charge is -2.26. The van der Waals surface area contributed by atoms with Crippen LogP contribution in [-0.4, -0.2) is 43.9 Å². The Morgan fingerprint density at radius 3 is 2.69 bits per heavy atom. The number of nitrogens with one attached hydrogen (secondary N) is 2. The third-order valence-electron chi connectivity index (χ3n) is 6.42. The highest BCUT2D eigenvalue weighted by atomic mass is 19.4. The van der Waals surface area contributed by atoms with Crippen molar-refractivity contribution in [3.8, 4) is 11.3 Å². The van der Waals surface area contributed by atoms with E-state index in [1.54, 1.807) is 0 Å². The van der Waals surface area contributed by atoms with E-state index >= 15 is 0 Å². The molecule has 32 heavy (non-hydrogen) atoms. The smallest absolute Gasteiger partial charge is 0.364 e. The number of aromatic nitrogens is 3.